The molecule has 0 aliphatic carbocycles. The van der Waals surface area contributed by atoms with Gasteiger partial charge in [-0.05, 0) is 18.2 Å². The summed E-state index contributed by atoms with van der Waals surface area (Å²) in [5.74, 6) is 0. The topological polar surface area (TPSA) is 39.0 Å². The van der Waals surface area contributed by atoms with Crippen LogP contribution in [0.25, 0.3) is 28.1 Å². The van der Waals surface area contributed by atoms with Gasteiger partial charge in [0.1, 0.15) is 6.54 Å². The first-order chi connectivity index (χ1) is 11.1. The van der Waals surface area contributed by atoms with E-state index < -0.39 is 6.98 Å². The van der Waals surface area contributed by atoms with Gasteiger partial charge in [-0.1, -0.05) is 0 Å². The molecule has 5 heteroatoms. The maximum Gasteiger partial charge on any atom is 0.256 e. The number of hydrogen-bond donors (Lipinski definition) is 0. The molecule has 0 amide bonds. The summed E-state index contributed by atoms with van der Waals surface area (Å²) in [4.78, 5) is 8.50. The highest BCUT2D eigenvalue weighted by atomic mass is 15.2. The van der Waals surface area contributed by atoms with E-state index in [1.54, 1.807) is 18.6 Å². The lowest BCUT2D eigenvalue weighted by molar-refractivity contribution is -0.671. The number of aromatic nitrogens is 5. The molecule has 96 valence electrons. The molecule has 1 aliphatic rings. The van der Waals surface area contributed by atoms with Crippen LogP contribution in [0.2, 0.25) is 0 Å². The fourth-order valence-corrected chi connectivity index (χ4v) is 3.09. The first kappa shape index (κ1) is 7.79. The molecule has 4 aromatic heterocycles. The summed E-state index contributed by atoms with van der Waals surface area (Å²) in [5, 5.41) is 0. The molecule has 1 aliphatic heterocycles. The lowest BCUT2D eigenvalue weighted by Gasteiger charge is -1.94. The highest BCUT2D eigenvalue weighted by molar-refractivity contribution is 5.85. The second-order valence-electron chi connectivity index (χ2n) is 5.00. The number of nitrogens with zero attached hydrogens (tertiary/aromatic N) is 5. The Bertz CT molecular complexity index is 1090. The number of rotatable bonds is 0. The van der Waals surface area contributed by atoms with Crippen LogP contribution in [0.4, 0.5) is 0 Å². The van der Waals surface area contributed by atoms with E-state index in [0.29, 0.717) is 11.3 Å². The van der Waals surface area contributed by atoms with E-state index in [2.05, 4.69) is 14.5 Å². The highest BCUT2D eigenvalue weighted by Gasteiger charge is 2.32. The van der Waals surface area contributed by atoms with Crippen molar-refractivity contribution >= 4 is 16.8 Å². The number of pyridine rings is 2. The second kappa shape index (κ2) is 3.25. The normalized spacial score (nSPS) is 15.9. The molecule has 0 saturated carbocycles. The van der Waals surface area contributed by atoms with Crippen LogP contribution in [-0.4, -0.2) is 18.9 Å². The molecular formula is C15H12N5+. The molecule has 5 heterocycles. The van der Waals surface area contributed by atoms with Crippen LogP contribution < -0.4 is 4.57 Å². The Balaban J connectivity index is 2.02. The summed E-state index contributed by atoms with van der Waals surface area (Å²) < 4.78 is 29.2. The lowest BCUT2D eigenvalue weighted by Crippen LogP contribution is -2.29. The molecule has 5 nitrogen and oxygen atoms in total. The molecular weight excluding hydrogens is 250 g/mol. The maximum atomic E-state index is 7.96. The van der Waals surface area contributed by atoms with Crippen LogP contribution in [0.15, 0.2) is 43.1 Å². The predicted molar refractivity (Wildman–Crippen MR) is 74.2 cm³/mol. The molecule has 0 spiro atoms. The van der Waals surface area contributed by atoms with Crippen molar-refractivity contribution in [3.05, 3.63) is 48.7 Å². The van der Waals surface area contributed by atoms with Gasteiger partial charge in [-0.25, -0.2) is 9.55 Å². The van der Waals surface area contributed by atoms with E-state index in [1.807, 2.05) is 28.9 Å². The van der Waals surface area contributed by atoms with Crippen molar-refractivity contribution < 1.29 is 8.68 Å². The Labute approximate surface area is 119 Å². The third kappa shape index (κ3) is 1.02. The van der Waals surface area contributed by atoms with E-state index in [4.69, 9.17) is 4.11 Å². The van der Waals surface area contributed by atoms with Gasteiger partial charge in [0.05, 0.1) is 5.56 Å². The molecule has 20 heavy (non-hydrogen) atoms. The zero-order valence-corrected chi connectivity index (χ0v) is 10.5. The first-order valence-electron chi connectivity index (χ1n) is 7.89. The number of aryl methyl sites for hydroxylation is 1. The van der Waals surface area contributed by atoms with Gasteiger partial charge in [-0.2, -0.15) is 4.40 Å². The molecule has 5 rings (SSSR count). The van der Waals surface area contributed by atoms with Crippen LogP contribution in [-0.2, 0) is 13.5 Å². The van der Waals surface area contributed by atoms with Gasteiger partial charge in [-0.3, -0.25) is 9.55 Å². The molecule has 0 saturated heterocycles. The third-order valence-corrected chi connectivity index (χ3v) is 3.94. The Hall–Kier alpha value is -2.69. The number of fused-ring (bicyclic) bond motifs is 7. The van der Waals surface area contributed by atoms with Crippen molar-refractivity contribution in [1.29, 1.82) is 0 Å². The Morgan fingerprint density at radius 2 is 2.35 bits per heavy atom. The molecule has 0 aromatic carbocycles. The molecule has 0 unspecified atom stereocenters. The molecule has 0 bridgehead atoms. The van der Waals surface area contributed by atoms with Crippen molar-refractivity contribution in [3.8, 4) is 11.3 Å². The minimum atomic E-state index is -2.31. The summed E-state index contributed by atoms with van der Waals surface area (Å²) in [7, 11) is 0. The quantitative estimate of drug-likeness (QED) is 0.398. The van der Waals surface area contributed by atoms with E-state index in [9.17, 15) is 0 Å². The van der Waals surface area contributed by atoms with Gasteiger partial charge in [0.2, 0.25) is 5.69 Å². The van der Waals surface area contributed by atoms with E-state index in [0.717, 1.165) is 28.9 Å². The van der Waals surface area contributed by atoms with Crippen LogP contribution in [0.3, 0.4) is 0 Å². The Morgan fingerprint density at radius 1 is 1.35 bits per heavy atom. The van der Waals surface area contributed by atoms with Crippen LogP contribution in [0, 0.1) is 0 Å². The third-order valence-electron chi connectivity index (χ3n) is 3.94. The predicted octanol–water partition coefficient (Wildman–Crippen LogP) is 1.54. The summed E-state index contributed by atoms with van der Waals surface area (Å²) in [6.45, 7) is -1.59. The van der Waals surface area contributed by atoms with Gasteiger partial charge >= 0.3 is 0 Å². The van der Waals surface area contributed by atoms with E-state index >= 15 is 0 Å². The summed E-state index contributed by atoms with van der Waals surface area (Å²) in [5.41, 5.74) is 4.87. The van der Waals surface area contributed by atoms with Crippen molar-refractivity contribution in [2.45, 2.75) is 6.54 Å². The Kier molecular flexibility index (Phi) is 1.27. The van der Waals surface area contributed by atoms with Gasteiger partial charge in [0, 0.05) is 35.2 Å². The molecule has 0 N–H and O–H groups in total. The van der Waals surface area contributed by atoms with E-state index in [-0.39, 0.29) is 0 Å². The monoisotopic (exact) mass is 265 g/mol. The molecule has 0 radical (unpaired) electrons. The number of hydrogen-bond acceptors (Lipinski definition) is 2. The van der Waals surface area contributed by atoms with Crippen molar-refractivity contribution in [3.63, 3.8) is 0 Å². The lowest BCUT2D eigenvalue weighted by atomic mass is 10.1. The highest BCUT2D eigenvalue weighted by Crippen LogP contribution is 2.32. The maximum absolute atomic E-state index is 7.96. The van der Waals surface area contributed by atoms with Crippen LogP contribution in [0.1, 0.15) is 9.68 Å². The summed E-state index contributed by atoms with van der Waals surface area (Å²) >= 11 is 0. The average Bonchev–Trinajstić information content (AvgIpc) is 3.12. The minimum Gasteiger partial charge on any atom is -0.289 e. The van der Waals surface area contributed by atoms with Crippen molar-refractivity contribution in [2.75, 3.05) is 0 Å². The average molecular weight is 265 g/mol. The molecule has 4 aromatic rings. The number of imidazole rings is 2. The first-order valence-corrected chi connectivity index (χ1v) is 6.39. The smallest absolute Gasteiger partial charge is 0.256 e. The fraction of sp³-hybridized carbons (Fsp3) is 0.133. The van der Waals surface area contributed by atoms with Crippen molar-refractivity contribution in [1.82, 2.24) is 18.9 Å². The fourth-order valence-electron chi connectivity index (χ4n) is 3.09. The summed E-state index contributed by atoms with van der Waals surface area (Å²) in [6.07, 6.45) is 7.11. The Morgan fingerprint density at radius 3 is 3.30 bits per heavy atom. The van der Waals surface area contributed by atoms with Crippen LogP contribution in [0.5, 0.6) is 0 Å². The summed E-state index contributed by atoms with van der Waals surface area (Å²) in [6, 6.07) is 5.67. The zero-order valence-electron chi connectivity index (χ0n) is 13.5. The minimum absolute atomic E-state index is 0.461. The largest absolute Gasteiger partial charge is 0.289 e. The standard InChI is InChI=1S/C15H12N5/c1-18-14-12(3-2-5-17-14)20-9-19-8-10-4-6-16-7-11(10)13(19)15(18)20/h2-7,9H,8H2,1H3/q+1/i1D3. The molecule has 0 fully saturated rings. The van der Waals surface area contributed by atoms with E-state index in [1.165, 1.54) is 4.57 Å². The SMILES string of the molecule is [2H]C([2H])([2H])n1c2ncccc2n2c[n+]3c(c12)-c1cnccc1C3. The molecule has 0 atom stereocenters. The second-order valence-corrected chi connectivity index (χ2v) is 5.00. The van der Waals surface area contributed by atoms with Crippen molar-refractivity contribution in [2.24, 2.45) is 6.98 Å². The van der Waals surface area contributed by atoms with Crippen LogP contribution >= 0.6 is 0 Å². The van der Waals surface area contributed by atoms with Gasteiger partial charge in [0.25, 0.3) is 12.0 Å². The van der Waals surface area contributed by atoms with Gasteiger partial charge in [0.15, 0.2) is 11.2 Å². The van der Waals surface area contributed by atoms with Gasteiger partial charge in [-0.15, -0.1) is 0 Å². The zero-order chi connectivity index (χ0) is 15.8. The van der Waals surface area contributed by atoms with Gasteiger partial charge < -0.3 is 0 Å².